The molecule has 3 rings (SSSR count). The second-order valence-electron chi connectivity index (χ2n) is 7.44. The van der Waals surface area contributed by atoms with Gasteiger partial charge in [-0.3, -0.25) is 9.79 Å². The van der Waals surface area contributed by atoms with E-state index in [1.807, 2.05) is 12.1 Å². The molecule has 0 aromatic carbocycles. The van der Waals surface area contributed by atoms with Crippen molar-refractivity contribution in [1.29, 1.82) is 0 Å². The van der Waals surface area contributed by atoms with Crippen LogP contribution in [0.1, 0.15) is 38.2 Å². The van der Waals surface area contributed by atoms with Crippen molar-refractivity contribution in [1.82, 2.24) is 15.2 Å². The molecule has 2 atom stereocenters. The van der Waals surface area contributed by atoms with E-state index in [1.54, 1.807) is 13.2 Å². The molecule has 1 aliphatic heterocycles. The number of nitrogens with zero attached hydrogens (tertiary/aromatic N) is 3. The number of aliphatic imine (C=N–C) groups is 1. The molecule has 2 unspecified atom stereocenters. The van der Waals surface area contributed by atoms with Crippen LogP contribution in [0.4, 0.5) is 0 Å². The number of rotatable bonds is 5. The van der Waals surface area contributed by atoms with E-state index in [1.165, 1.54) is 20.0 Å². The lowest BCUT2D eigenvalue weighted by molar-refractivity contribution is -0.145. The van der Waals surface area contributed by atoms with Crippen molar-refractivity contribution in [2.75, 3.05) is 27.2 Å². The first-order valence-corrected chi connectivity index (χ1v) is 9.75. The Morgan fingerprint density at radius 2 is 2.15 bits per heavy atom. The van der Waals surface area contributed by atoms with Crippen molar-refractivity contribution in [2.24, 2.45) is 16.8 Å². The third kappa shape index (κ3) is 4.90. The molecule has 1 aliphatic carbocycles. The molecule has 0 bridgehead atoms. The van der Waals surface area contributed by atoms with Gasteiger partial charge in [-0.1, -0.05) is 6.92 Å². The number of guanidine groups is 1. The van der Waals surface area contributed by atoms with Crippen molar-refractivity contribution in [3.63, 3.8) is 0 Å². The van der Waals surface area contributed by atoms with Crippen LogP contribution >= 0.6 is 0 Å². The Labute approximate surface area is 161 Å². The fourth-order valence-electron chi connectivity index (χ4n) is 3.91. The highest BCUT2D eigenvalue weighted by molar-refractivity contribution is 5.82. The van der Waals surface area contributed by atoms with Crippen LogP contribution in [0.5, 0.6) is 5.88 Å². The number of aromatic nitrogens is 1. The zero-order valence-corrected chi connectivity index (χ0v) is 16.5. The summed E-state index contributed by atoms with van der Waals surface area (Å²) in [7, 11) is 3.21. The quantitative estimate of drug-likeness (QED) is 0.484. The molecule has 2 aliphatic rings. The number of nitrogens with one attached hydrogen (secondary N) is 1. The largest absolute Gasteiger partial charge is 0.474 e. The predicted molar refractivity (Wildman–Crippen MR) is 104 cm³/mol. The van der Waals surface area contributed by atoms with Gasteiger partial charge in [0.1, 0.15) is 6.10 Å². The lowest BCUT2D eigenvalue weighted by Crippen LogP contribution is -2.40. The van der Waals surface area contributed by atoms with Crippen molar-refractivity contribution >= 4 is 11.9 Å². The van der Waals surface area contributed by atoms with Crippen LogP contribution in [0.2, 0.25) is 0 Å². The molecule has 27 heavy (non-hydrogen) atoms. The molecule has 0 spiro atoms. The summed E-state index contributed by atoms with van der Waals surface area (Å²) in [4.78, 5) is 22.7. The summed E-state index contributed by atoms with van der Waals surface area (Å²) in [5.41, 5.74) is 1.09. The zero-order valence-electron chi connectivity index (χ0n) is 16.5. The van der Waals surface area contributed by atoms with Gasteiger partial charge in [0.05, 0.1) is 13.0 Å². The van der Waals surface area contributed by atoms with E-state index in [-0.39, 0.29) is 17.8 Å². The average molecular weight is 374 g/mol. The summed E-state index contributed by atoms with van der Waals surface area (Å²) in [5.74, 6) is 1.47. The Hall–Kier alpha value is -2.31. The van der Waals surface area contributed by atoms with Crippen LogP contribution in [0.3, 0.4) is 0 Å². The molecule has 2 fully saturated rings. The molecule has 0 radical (unpaired) electrons. The first kappa shape index (κ1) is 19.5. The minimum atomic E-state index is -0.150. The Morgan fingerprint density at radius 1 is 1.37 bits per heavy atom. The molecule has 1 saturated heterocycles. The topological polar surface area (TPSA) is 76.1 Å². The summed E-state index contributed by atoms with van der Waals surface area (Å²) >= 11 is 0. The van der Waals surface area contributed by atoms with Gasteiger partial charge in [0.15, 0.2) is 5.96 Å². The maximum absolute atomic E-state index is 11.9. The number of hydrogen-bond donors (Lipinski definition) is 1. The van der Waals surface area contributed by atoms with Gasteiger partial charge >= 0.3 is 5.97 Å². The first-order chi connectivity index (χ1) is 13.1. The van der Waals surface area contributed by atoms with E-state index >= 15 is 0 Å². The van der Waals surface area contributed by atoms with Crippen LogP contribution in [0, 0.1) is 11.8 Å². The number of likely N-dealkylation sites (tertiary alicyclic amines) is 1. The summed E-state index contributed by atoms with van der Waals surface area (Å²) < 4.78 is 10.9. The van der Waals surface area contributed by atoms with E-state index in [9.17, 15) is 4.79 Å². The number of hydrogen-bond acceptors (Lipinski definition) is 5. The number of carbonyl (C=O) groups is 1. The summed E-state index contributed by atoms with van der Waals surface area (Å²) in [6, 6.07) is 3.97. The van der Waals surface area contributed by atoms with Gasteiger partial charge in [0.25, 0.3) is 0 Å². The molecule has 7 heteroatoms. The maximum atomic E-state index is 11.9. The van der Waals surface area contributed by atoms with E-state index in [4.69, 9.17) is 9.47 Å². The molecular formula is C20H30N4O3. The molecule has 7 nitrogen and oxygen atoms in total. The number of ether oxygens (including phenoxy) is 2. The SMILES string of the molecule is CN=C(NCc1ccnc(OC2CCCC2)c1)N1CC(C)C(C(=O)OC)C1. The molecule has 2 heterocycles. The van der Waals surface area contributed by atoms with Crippen molar-refractivity contribution < 1.29 is 14.3 Å². The smallest absolute Gasteiger partial charge is 0.310 e. The van der Waals surface area contributed by atoms with Crippen LogP contribution in [-0.4, -0.2) is 55.2 Å². The van der Waals surface area contributed by atoms with E-state index in [2.05, 4.69) is 27.1 Å². The first-order valence-electron chi connectivity index (χ1n) is 9.75. The Balaban J connectivity index is 1.56. The Morgan fingerprint density at radius 3 is 2.85 bits per heavy atom. The fraction of sp³-hybridized carbons (Fsp3) is 0.650. The standard InChI is InChI=1S/C20H30N4O3/c1-14-12-24(13-17(14)19(25)26-3)20(21-2)23-11-15-8-9-22-18(10-15)27-16-6-4-5-7-16/h8-10,14,16-17H,4-7,11-13H2,1-3H3,(H,21,23). The lowest BCUT2D eigenvalue weighted by atomic mass is 9.99. The van der Waals surface area contributed by atoms with Crippen molar-refractivity contribution in [2.45, 2.75) is 45.3 Å². The highest BCUT2D eigenvalue weighted by atomic mass is 16.5. The van der Waals surface area contributed by atoms with Gasteiger partial charge in [-0.25, -0.2) is 4.98 Å². The fourth-order valence-corrected chi connectivity index (χ4v) is 3.91. The van der Waals surface area contributed by atoms with Crippen LogP contribution in [0.25, 0.3) is 0 Å². The summed E-state index contributed by atoms with van der Waals surface area (Å²) in [6.07, 6.45) is 6.80. The minimum Gasteiger partial charge on any atom is -0.474 e. The number of pyridine rings is 1. The monoisotopic (exact) mass is 374 g/mol. The number of carbonyl (C=O) groups excluding carboxylic acids is 1. The van der Waals surface area contributed by atoms with Crippen molar-refractivity contribution in [3.8, 4) is 5.88 Å². The lowest BCUT2D eigenvalue weighted by Gasteiger charge is -2.21. The van der Waals surface area contributed by atoms with Gasteiger partial charge in [0.2, 0.25) is 5.88 Å². The molecule has 148 valence electrons. The van der Waals surface area contributed by atoms with Crippen LogP contribution < -0.4 is 10.1 Å². The normalized spacial score (nSPS) is 23.5. The van der Waals surface area contributed by atoms with Gasteiger partial charge in [-0.05, 0) is 43.2 Å². The summed E-state index contributed by atoms with van der Waals surface area (Å²) in [5, 5.41) is 3.39. The highest BCUT2D eigenvalue weighted by Gasteiger charge is 2.36. The molecule has 1 aromatic heterocycles. The Bertz CT molecular complexity index is 673. The number of methoxy groups -OCH3 is 1. The number of esters is 1. The second-order valence-corrected chi connectivity index (χ2v) is 7.44. The molecule has 1 N–H and O–H groups in total. The van der Waals surface area contributed by atoms with Gasteiger partial charge in [0, 0.05) is 38.9 Å². The second kappa shape index (κ2) is 9.06. The predicted octanol–water partition coefficient (Wildman–Crippen LogP) is 2.22. The minimum absolute atomic E-state index is 0.110. The Kier molecular flexibility index (Phi) is 6.53. The third-order valence-corrected chi connectivity index (χ3v) is 5.47. The molecular weight excluding hydrogens is 344 g/mol. The van der Waals surface area contributed by atoms with Crippen LogP contribution in [-0.2, 0) is 16.1 Å². The molecule has 0 amide bonds. The summed E-state index contributed by atoms with van der Waals surface area (Å²) in [6.45, 7) is 4.11. The van der Waals surface area contributed by atoms with E-state index < -0.39 is 0 Å². The van der Waals surface area contributed by atoms with Crippen molar-refractivity contribution in [3.05, 3.63) is 23.9 Å². The van der Waals surface area contributed by atoms with Gasteiger partial charge in [-0.15, -0.1) is 0 Å². The molecule has 1 saturated carbocycles. The van der Waals surface area contributed by atoms with Gasteiger partial charge in [-0.2, -0.15) is 0 Å². The van der Waals surface area contributed by atoms with Crippen LogP contribution in [0.15, 0.2) is 23.3 Å². The zero-order chi connectivity index (χ0) is 19.2. The highest BCUT2D eigenvalue weighted by Crippen LogP contribution is 2.25. The third-order valence-electron chi connectivity index (χ3n) is 5.47. The van der Waals surface area contributed by atoms with Gasteiger partial charge < -0.3 is 19.7 Å². The van der Waals surface area contributed by atoms with E-state index in [0.717, 1.165) is 30.9 Å². The molecule has 1 aromatic rings. The maximum Gasteiger partial charge on any atom is 0.310 e. The average Bonchev–Trinajstić information content (AvgIpc) is 3.32. The van der Waals surface area contributed by atoms with E-state index in [0.29, 0.717) is 25.1 Å².